The second-order valence-electron chi connectivity index (χ2n) is 4.25. The predicted molar refractivity (Wildman–Crippen MR) is 70.6 cm³/mol. The van der Waals surface area contributed by atoms with Crippen LogP contribution in [0.2, 0.25) is 0 Å². The van der Waals surface area contributed by atoms with Gasteiger partial charge in [0, 0.05) is 26.6 Å². The summed E-state index contributed by atoms with van der Waals surface area (Å²) in [7, 11) is 3.52. The molecule has 1 N–H and O–H groups in total. The first-order valence-electron chi connectivity index (χ1n) is 5.65. The van der Waals surface area contributed by atoms with Gasteiger partial charge in [0.2, 0.25) is 0 Å². The van der Waals surface area contributed by atoms with Crippen molar-refractivity contribution >= 4 is 0 Å². The first kappa shape index (κ1) is 12.2. The lowest BCUT2D eigenvalue weighted by Gasteiger charge is -2.19. The van der Waals surface area contributed by atoms with E-state index in [0.717, 1.165) is 5.56 Å². The Labute approximate surface area is 104 Å². The first-order chi connectivity index (χ1) is 8.58. The Balaban J connectivity index is 2.50. The number of hydrogen-bond acceptors (Lipinski definition) is 3. The molecule has 0 aliphatic heterocycles. The van der Waals surface area contributed by atoms with Crippen molar-refractivity contribution in [1.82, 2.24) is 9.66 Å². The van der Waals surface area contributed by atoms with E-state index in [4.69, 9.17) is 0 Å². The fraction of sp³-hybridized carbons (Fsp3) is 0.231. The van der Waals surface area contributed by atoms with Gasteiger partial charge >= 0.3 is 5.69 Å². The van der Waals surface area contributed by atoms with E-state index < -0.39 is 5.69 Å². The van der Waals surface area contributed by atoms with E-state index in [1.165, 1.54) is 10.7 Å². The molecule has 0 unspecified atom stereocenters. The van der Waals surface area contributed by atoms with Gasteiger partial charge in [0.1, 0.15) is 0 Å². The minimum atomic E-state index is -0.418. The van der Waals surface area contributed by atoms with Crippen molar-refractivity contribution < 1.29 is 0 Å². The number of benzene rings is 1. The van der Waals surface area contributed by atoms with E-state index in [2.05, 4.69) is 4.98 Å². The Kier molecular flexibility index (Phi) is 3.32. The lowest BCUT2D eigenvalue weighted by atomic mass is 10.1. The number of H-pyrrole nitrogens is 1. The SMILES string of the molecule is CN(C)n1c(Cc2ccccc2)cc(=O)[nH]c1=O. The largest absolute Gasteiger partial charge is 0.347 e. The van der Waals surface area contributed by atoms with Gasteiger partial charge in [0.15, 0.2) is 0 Å². The highest BCUT2D eigenvalue weighted by Gasteiger charge is 2.08. The monoisotopic (exact) mass is 245 g/mol. The number of rotatable bonds is 3. The van der Waals surface area contributed by atoms with Crippen molar-refractivity contribution in [3.63, 3.8) is 0 Å². The van der Waals surface area contributed by atoms with Crippen LogP contribution >= 0.6 is 0 Å². The highest BCUT2D eigenvalue weighted by Crippen LogP contribution is 2.05. The van der Waals surface area contributed by atoms with Gasteiger partial charge < -0.3 is 5.01 Å². The minimum Gasteiger partial charge on any atom is -0.315 e. The van der Waals surface area contributed by atoms with Crippen molar-refractivity contribution in [3.05, 3.63) is 68.5 Å². The zero-order chi connectivity index (χ0) is 13.1. The number of hydrogen-bond donors (Lipinski definition) is 1. The lowest BCUT2D eigenvalue weighted by molar-refractivity contribution is 0.637. The molecule has 1 aromatic heterocycles. The first-order valence-corrected chi connectivity index (χ1v) is 5.65. The lowest BCUT2D eigenvalue weighted by Crippen LogP contribution is -2.42. The van der Waals surface area contributed by atoms with Crippen LogP contribution in [0.15, 0.2) is 46.0 Å². The maximum Gasteiger partial charge on any atom is 0.347 e. The van der Waals surface area contributed by atoms with E-state index in [1.54, 1.807) is 19.1 Å². The van der Waals surface area contributed by atoms with Gasteiger partial charge in [-0.3, -0.25) is 9.78 Å². The van der Waals surface area contributed by atoms with E-state index in [-0.39, 0.29) is 5.56 Å². The molecule has 2 aromatic rings. The third kappa shape index (κ3) is 2.51. The molecule has 1 heterocycles. The number of nitrogens with one attached hydrogen (secondary N) is 1. The summed E-state index contributed by atoms with van der Waals surface area (Å²) in [4.78, 5) is 25.4. The Morgan fingerprint density at radius 2 is 1.83 bits per heavy atom. The highest BCUT2D eigenvalue weighted by atomic mass is 16.2. The standard InChI is InChI=1S/C13H15N3O2/c1-15(2)16-11(9-12(17)14-13(16)18)8-10-6-4-3-5-7-10/h3-7,9H,8H2,1-2H3,(H,14,17,18). The summed E-state index contributed by atoms with van der Waals surface area (Å²) in [6.07, 6.45) is 0.540. The summed E-state index contributed by atoms with van der Waals surface area (Å²) in [6.45, 7) is 0. The van der Waals surface area contributed by atoms with Crippen LogP contribution in [0.25, 0.3) is 0 Å². The molecule has 5 nitrogen and oxygen atoms in total. The topological polar surface area (TPSA) is 58.1 Å². The van der Waals surface area contributed by atoms with Crippen molar-refractivity contribution in [2.75, 3.05) is 19.1 Å². The Morgan fingerprint density at radius 1 is 1.17 bits per heavy atom. The maximum absolute atomic E-state index is 11.8. The molecule has 0 amide bonds. The van der Waals surface area contributed by atoms with Crippen LogP contribution in [-0.2, 0) is 6.42 Å². The molecule has 0 aliphatic carbocycles. The molecular formula is C13H15N3O2. The molecule has 0 atom stereocenters. The fourth-order valence-corrected chi connectivity index (χ4v) is 1.91. The van der Waals surface area contributed by atoms with Crippen molar-refractivity contribution in [3.8, 4) is 0 Å². The van der Waals surface area contributed by atoms with E-state index in [1.807, 2.05) is 30.3 Å². The predicted octanol–water partition coefficient (Wildman–Crippen LogP) is 0.325. The molecule has 5 heteroatoms. The van der Waals surface area contributed by atoms with Crippen LogP contribution in [-0.4, -0.2) is 23.8 Å². The second-order valence-corrected chi connectivity index (χ2v) is 4.25. The van der Waals surface area contributed by atoms with Crippen LogP contribution in [0.5, 0.6) is 0 Å². The summed E-state index contributed by atoms with van der Waals surface area (Å²) in [5.74, 6) is 0. The summed E-state index contributed by atoms with van der Waals surface area (Å²) < 4.78 is 1.45. The van der Waals surface area contributed by atoms with E-state index in [9.17, 15) is 9.59 Å². The van der Waals surface area contributed by atoms with Crippen molar-refractivity contribution in [2.45, 2.75) is 6.42 Å². The molecule has 0 saturated carbocycles. The van der Waals surface area contributed by atoms with E-state index in [0.29, 0.717) is 12.1 Å². The van der Waals surface area contributed by atoms with Crippen LogP contribution in [0.3, 0.4) is 0 Å². The molecule has 1 aromatic carbocycles. The second kappa shape index (κ2) is 4.91. The fourth-order valence-electron chi connectivity index (χ4n) is 1.91. The quantitative estimate of drug-likeness (QED) is 0.847. The van der Waals surface area contributed by atoms with Gasteiger partial charge in [0.25, 0.3) is 5.56 Å². The molecule has 2 rings (SSSR count). The molecular weight excluding hydrogens is 230 g/mol. The zero-order valence-electron chi connectivity index (χ0n) is 10.4. The number of aromatic nitrogens is 2. The average molecular weight is 245 g/mol. The van der Waals surface area contributed by atoms with Crippen LogP contribution in [0.1, 0.15) is 11.3 Å². The molecule has 0 radical (unpaired) electrons. The molecule has 0 fully saturated rings. The summed E-state index contributed by atoms with van der Waals surface area (Å²) in [6, 6.07) is 11.2. The molecule has 18 heavy (non-hydrogen) atoms. The molecule has 94 valence electrons. The van der Waals surface area contributed by atoms with Crippen LogP contribution < -0.4 is 16.3 Å². The molecule has 0 aliphatic rings. The van der Waals surface area contributed by atoms with Crippen LogP contribution in [0, 0.1) is 0 Å². The minimum absolute atomic E-state index is 0.371. The van der Waals surface area contributed by atoms with Gasteiger partial charge in [0.05, 0.1) is 5.69 Å². The normalized spacial score (nSPS) is 10.3. The van der Waals surface area contributed by atoms with Crippen molar-refractivity contribution in [2.24, 2.45) is 0 Å². The summed E-state index contributed by atoms with van der Waals surface area (Å²) in [5, 5.41) is 1.65. The Bertz CT molecular complexity index is 641. The smallest absolute Gasteiger partial charge is 0.315 e. The van der Waals surface area contributed by atoms with Gasteiger partial charge in [-0.2, -0.15) is 0 Å². The van der Waals surface area contributed by atoms with Gasteiger partial charge in [-0.15, -0.1) is 0 Å². The number of nitrogens with zero attached hydrogens (tertiary/aromatic N) is 2. The number of aromatic amines is 1. The summed E-state index contributed by atoms with van der Waals surface area (Å²) >= 11 is 0. The highest BCUT2D eigenvalue weighted by molar-refractivity contribution is 5.21. The zero-order valence-corrected chi connectivity index (χ0v) is 10.4. The van der Waals surface area contributed by atoms with Gasteiger partial charge in [-0.25, -0.2) is 9.47 Å². The third-order valence-electron chi connectivity index (χ3n) is 2.62. The molecule has 0 spiro atoms. The Hall–Kier alpha value is -2.30. The van der Waals surface area contributed by atoms with E-state index >= 15 is 0 Å². The Morgan fingerprint density at radius 3 is 2.44 bits per heavy atom. The molecule has 0 bridgehead atoms. The maximum atomic E-state index is 11.8. The summed E-state index contributed by atoms with van der Waals surface area (Å²) in [5.41, 5.74) is 0.931. The third-order valence-corrected chi connectivity index (χ3v) is 2.62. The van der Waals surface area contributed by atoms with Crippen molar-refractivity contribution in [1.29, 1.82) is 0 Å². The average Bonchev–Trinajstić information content (AvgIpc) is 2.28. The molecule has 0 saturated heterocycles. The van der Waals surface area contributed by atoms with Gasteiger partial charge in [-0.05, 0) is 5.56 Å². The van der Waals surface area contributed by atoms with Crippen LogP contribution in [0.4, 0.5) is 0 Å². The van der Waals surface area contributed by atoms with Gasteiger partial charge in [-0.1, -0.05) is 30.3 Å².